The van der Waals surface area contributed by atoms with Gasteiger partial charge in [-0.1, -0.05) is 0 Å². The van der Waals surface area contributed by atoms with Gasteiger partial charge in [0.25, 0.3) is 5.91 Å². The Kier molecular flexibility index (Phi) is 4.35. The first-order chi connectivity index (χ1) is 7.04. The van der Waals surface area contributed by atoms with Gasteiger partial charge in [0.1, 0.15) is 11.9 Å². The molecule has 1 heterocycles. The third kappa shape index (κ3) is 3.35. The maximum absolute atomic E-state index is 11.6. The summed E-state index contributed by atoms with van der Waals surface area (Å²) in [5.41, 5.74) is 0. The second kappa shape index (κ2) is 5.32. The van der Waals surface area contributed by atoms with E-state index in [-0.39, 0.29) is 5.91 Å². The molecule has 1 aromatic heterocycles. The number of amides is 1. The van der Waals surface area contributed by atoms with Crippen LogP contribution < -0.4 is 0 Å². The van der Waals surface area contributed by atoms with Crippen LogP contribution in [-0.4, -0.2) is 31.1 Å². The van der Waals surface area contributed by atoms with Gasteiger partial charge in [-0.15, -0.1) is 0 Å². The van der Waals surface area contributed by atoms with Crippen molar-refractivity contribution in [3.8, 4) is 0 Å². The average Bonchev–Trinajstić information content (AvgIpc) is 2.61. The molecular weight excluding hydrogens is 262 g/mol. The van der Waals surface area contributed by atoms with Crippen LogP contribution in [0.2, 0.25) is 0 Å². The molecule has 1 rings (SSSR count). The van der Waals surface area contributed by atoms with E-state index in [4.69, 9.17) is 9.15 Å². The van der Waals surface area contributed by atoms with Gasteiger partial charge in [0, 0.05) is 14.2 Å². The smallest absolute Gasteiger partial charge is 0.251 e. The van der Waals surface area contributed by atoms with E-state index in [1.54, 1.807) is 24.9 Å². The van der Waals surface area contributed by atoms with Crippen LogP contribution in [0, 0.1) is 0 Å². The largest absolute Gasteiger partial charge is 0.452 e. The first-order valence-corrected chi connectivity index (χ1v) is 5.36. The minimum atomic E-state index is -0.423. The first-order valence-electron chi connectivity index (χ1n) is 4.56. The average molecular weight is 276 g/mol. The van der Waals surface area contributed by atoms with Crippen molar-refractivity contribution in [3.05, 3.63) is 22.6 Å². The molecule has 0 N–H and O–H groups in total. The topological polar surface area (TPSA) is 42.7 Å². The second-order valence-corrected chi connectivity index (χ2v) is 4.06. The third-order valence-electron chi connectivity index (χ3n) is 2.10. The van der Waals surface area contributed by atoms with Crippen LogP contribution in [0.25, 0.3) is 0 Å². The van der Waals surface area contributed by atoms with E-state index >= 15 is 0 Å². The van der Waals surface area contributed by atoms with Crippen molar-refractivity contribution in [2.45, 2.75) is 19.6 Å². The summed E-state index contributed by atoms with van der Waals surface area (Å²) in [5.74, 6) is 0.672. The summed E-state index contributed by atoms with van der Waals surface area (Å²) in [7, 11) is 3.23. The highest BCUT2D eigenvalue weighted by molar-refractivity contribution is 9.10. The molecule has 0 fully saturated rings. The molecular formula is C10H14BrNO3. The maximum atomic E-state index is 11.6. The fourth-order valence-electron chi connectivity index (χ4n) is 1.16. The third-order valence-corrected chi connectivity index (χ3v) is 2.53. The van der Waals surface area contributed by atoms with Crippen LogP contribution in [0.5, 0.6) is 0 Å². The van der Waals surface area contributed by atoms with Gasteiger partial charge in [-0.25, -0.2) is 0 Å². The second-order valence-electron chi connectivity index (χ2n) is 3.28. The molecule has 5 heteroatoms. The lowest BCUT2D eigenvalue weighted by Gasteiger charge is -2.19. The van der Waals surface area contributed by atoms with E-state index in [0.29, 0.717) is 11.2 Å². The molecule has 1 unspecified atom stereocenters. The van der Waals surface area contributed by atoms with Crippen LogP contribution in [-0.2, 0) is 16.1 Å². The molecule has 4 nitrogen and oxygen atoms in total. The van der Waals surface area contributed by atoms with Gasteiger partial charge in [0.05, 0.1) is 6.54 Å². The number of carbonyl (C=O) groups excluding carboxylic acids is 1. The zero-order chi connectivity index (χ0) is 11.4. The first kappa shape index (κ1) is 12.3. The summed E-state index contributed by atoms with van der Waals surface area (Å²) in [6.07, 6.45) is -0.423. The summed E-state index contributed by atoms with van der Waals surface area (Å²) in [4.78, 5) is 13.2. The van der Waals surface area contributed by atoms with Crippen molar-refractivity contribution in [3.63, 3.8) is 0 Å². The summed E-state index contributed by atoms with van der Waals surface area (Å²) in [5, 5.41) is 0. The van der Waals surface area contributed by atoms with E-state index in [1.165, 1.54) is 7.11 Å². The molecule has 15 heavy (non-hydrogen) atoms. The van der Waals surface area contributed by atoms with Crippen LogP contribution >= 0.6 is 15.9 Å². The van der Waals surface area contributed by atoms with Crippen LogP contribution in [0.4, 0.5) is 0 Å². The lowest BCUT2D eigenvalue weighted by Crippen LogP contribution is -2.35. The van der Waals surface area contributed by atoms with Crippen molar-refractivity contribution < 1.29 is 13.9 Å². The summed E-state index contributed by atoms with van der Waals surface area (Å²) in [6.45, 7) is 2.16. The minimum absolute atomic E-state index is 0.0648. The number of likely N-dealkylation sites (N-methyl/N-ethyl adjacent to an activating group) is 1. The van der Waals surface area contributed by atoms with Gasteiger partial charge in [0.15, 0.2) is 4.67 Å². The van der Waals surface area contributed by atoms with Gasteiger partial charge < -0.3 is 14.1 Å². The predicted molar refractivity (Wildman–Crippen MR) is 59.4 cm³/mol. The van der Waals surface area contributed by atoms with Gasteiger partial charge in [-0.2, -0.15) is 0 Å². The number of ether oxygens (including phenoxy) is 1. The van der Waals surface area contributed by atoms with Crippen molar-refractivity contribution in [1.82, 2.24) is 4.90 Å². The highest BCUT2D eigenvalue weighted by Gasteiger charge is 2.17. The van der Waals surface area contributed by atoms with Crippen LogP contribution in [0.15, 0.2) is 21.2 Å². The van der Waals surface area contributed by atoms with Crippen LogP contribution in [0.1, 0.15) is 12.7 Å². The molecule has 0 aromatic carbocycles. The standard InChI is InChI=1S/C10H14BrNO3/c1-7(14-3)10(13)12(2)6-8-4-5-9(11)15-8/h4-5,7H,6H2,1-3H3. The lowest BCUT2D eigenvalue weighted by atomic mass is 10.3. The zero-order valence-corrected chi connectivity index (χ0v) is 10.6. The Morgan fingerprint density at radius 3 is 2.80 bits per heavy atom. The SMILES string of the molecule is COC(C)C(=O)N(C)Cc1ccc(Br)o1. The lowest BCUT2D eigenvalue weighted by molar-refractivity contribution is -0.140. The molecule has 1 atom stereocenters. The fourth-order valence-corrected chi connectivity index (χ4v) is 1.50. The molecule has 0 aliphatic heterocycles. The minimum Gasteiger partial charge on any atom is -0.452 e. The Bertz CT molecular complexity index is 337. The Morgan fingerprint density at radius 2 is 2.33 bits per heavy atom. The molecule has 0 aliphatic carbocycles. The normalized spacial score (nSPS) is 12.5. The molecule has 0 radical (unpaired) electrons. The molecule has 0 saturated carbocycles. The number of halogens is 1. The van der Waals surface area contributed by atoms with Gasteiger partial charge in [-0.3, -0.25) is 4.79 Å². The Morgan fingerprint density at radius 1 is 1.67 bits per heavy atom. The Hall–Kier alpha value is -0.810. The molecule has 1 aromatic rings. The van der Waals surface area contributed by atoms with Crippen molar-refractivity contribution in [2.75, 3.05) is 14.2 Å². The number of rotatable bonds is 4. The monoisotopic (exact) mass is 275 g/mol. The van der Waals surface area contributed by atoms with E-state index in [1.807, 2.05) is 6.07 Å². The Labute approximate surface area is 97.3 Å². The molecule has 0 aliphatic rings. The molecule has 84 valence electrons. The van der Waals surface area contributed by atoms with Crippen LogP contribution in [0.3, 0.4) is 0 Å². The van der Waals surface area contributed by atoms with E-state index in [9.17, 15) is 4.79 Å². The number of hydrogen-bond acceptors (Lipinski definition) is 3. The predicted octanol–water partition coefficient (Wildman–Crippen LogP) is 2.04. The van der Waals surface area contributed by atoms with Crippen molar-refractivity contribution in [1.29, 1.82) is 0 Å². The quantitative estimate of drug-likeness (QED) is 0.845. The van der Waals surface area contributed by atoms with Gasteiger partial charge in [0.2, 0.25) is 0 Å². The van der Waals surface area contributed by atoms with Crippen molar-refractivity contribution in [2.24, 2.45) is 0 Å². The molecule has 0 saturated heterocycles. The van der Waals surface area contributed by atoms with E-state index < -0.39 is 6.10 Å². The highest BCUT2D eigenvalue weighted by Crippen LogP contribution is 2.15. The summed E-state index contributed by atoms with van der Waals surface area (Å²) >= 11 is 3.21. The number of methoxy groups -OCH3 is 1. The maximum Gasteiger partial charge on any atom is 0.251 e. The number of hydrogen-bond donors (Lipinski definition) is 0. The van der Waals surface area contributed by atoms with Gasteiger partial charge in [-0.05, 0) is 35.0 Å². The number of furan rings is 1. The Balaban J connectivity index is 2.55. The molecule has 1 amide bonds. The summed E-state index contributed by atoms with van der Waals surface area (Å²) < 4.78 is 10.9. The van der Waals surface area contributed by atoms with E-state index in [0.717, 1.165) is 5.76 Å². The number of carbonyl (C=O) groups is 1. The van der Waals surface area contributed by atoms with Gasteiger partial charge >= 0.3 is 0 Å². The van der Waals surface area contributed by atoms with E-state index in [2.05, 4.69) is 15.9 Å². The molecule has 0 spiro atoms. The fraction of sp³-hybridized carbons (Fsp3) is 0.500. The molecule has 0 bridgehead atoms. The van der Waals surface area contributed by atoms with Crippen molar-refractivity contribution >= 4 is 21.8 Å². The zero-order valence-electron chi connectivity index (χ0n) is 8.99. The summed E-state index contributed by atoms with van der Waals surface area (Å²) in [6, 6.07) is 3.62. The highest BCUT2D eigenvalue weighted by atomic mass is 79.9. The number of nitrogens with zero attached hydrogens (tertiary/aromatic N) is 1.